The first-order chi connectivity index (χ1) is 17.9. The van der Waals surface area contributed by atoms with Gasteiger partial charge in [0.1, 0.15) is 0 Å². The van der Waals surface area contributed by atoms with Crippen LogP contribution in [0.4, 0.5) is 20.5 Å². The van der Waals surface area contributed by atoms with Crippen LogP contribution in [0.25, 0.3) is 11.2 Å². The van der Waals surface area contributed by atoms with Gasteiger partial charge in [-0.05, 0) is 82.2 Å². The van der Waals surface area contributed by atoms with Crippen LogP contribution in [-0.4, -0.2) is 68.9 Å². The Morgan fingerprint density at radius 2 is 1.70 bits per heavy atom. The van der Waals surface area contributed by atoms with Crippen molar-refractivity contribution in [2.45, 2.75) is 52.1 Å². The summed E-state index contributed by atoms with van der Waals surface area (Å²) in [5.74, 6) is 1.02. The number of nitrogens with zero attached hydrogens (tertiary/aromatic N) is 6. The number of β-amino-alcohol motifs (C(OH)–C–C–N with tert-alkyl or cyclic N) is 1. The van der Waals surface area contributed by atoms with Crippen LogP contribution in [0.2, 0.25) is 0 Å². The zero-order chi connectivity index (χ0) is 25.9. The van der Waals surface area contributed by atoms with Crippen LogP contribution >= 0.6 is 0 Å². The fourth-order valence-electron chi connectivity index (χ4n) is 5.74. The van der Waals surface area contributed by atoms with E-state index in [9.17, 15) is 13.9 Å². The number of rotatable bonds is 8. The lowest BCUT2D eigenvalue weighted by molar-refractivity contribution is 0.115. The maximum atomic E-state index is 13.7. The van der Waals surface area contributed by atoms with Crippen LogP contribution in [0, 0.1) is 23.5 Å². The van der Waals surface area contributed by atoms with E-state index in [0.717, 1.165) is 63.2 Å². The lowest BCUT2D eigenvalue weighted by atomic mass is 9.79. The van der Waals surface area contributed by atoms with Crippen LogP contribution in [-0.2, 0) is 6.54 Å². The Labute approximate surface area is 216 Å². The summed E-state index contributed by atoms with van der Waals surface area (Å²) in [4.78, 5) is 19.0. The maximum absolute atomic E-state index is 13.7. The van der Waals surface area contributed by atoms with Crippen molar-refractivity contribution in [1.82, 2.24) is 24.4 Å². The minimum atomic E-state index is -0.862. The number of fused-ring (bicyclic) bond motifs is 1. The number of aliphatic hydroxyl groups excluding tert-OH is 1. The van der Waals surface area contributed by atoms with Gasteiger partial charge < -0.3 is 24.8 Å². The molecule has 0 atom stereocenters. The summed E-state index contributed by atoms with van der Waals surface area (Å²) < 4.78 is 29.1. The Balaban J connectivity index is 1.31. The molecular weight excluding hydrogens is 476 g/mol. The lowest BCUT2D eigenvalue weighted by Crippen LogP contribution is -2.42. The quantitative estimate of drug-likeness (QED) is 0.467. The molecule has 8 nitrogen and oxygen atoms in total. The number of piperidine rings is 2. The van der Waals surface area contributed by atoms with E-state index in [1.54, 1.807) is 12.4 Å². The molecule has 2 fully saturated rings. The number of benzene rings is 1. The van der Waals surface area contributed by atoms with Gasteiger partial charge in [0.15, 0.2) is 28.6 Å². The maximum Gasteiger partial charge on any atom is 0.229 e. The summed E-state index contributed by atoms with van der Waals surface area (Å²) in [5.41, 5.74) is 2.07. The molecule has 2 aromatic heterocycles. The van der Waals surface area contributed by atoms with Gasteiger partial charge in [0.05, 0.1) is 12.9 Å². The SMILES string of the molecule is CC(C)n1cnc2c(NCc3ccc(F)c(F)c3)nc(N3CCC(C4CCN(CCO)CC4)CC3)nc21. The van der Waals surface area contributed by atoms with Crippen molar-refractivity contribution < 1.29 is 13.9 Å². The largest absolute Gasteiger partial charge is 0.395 e. The molecule has 2 aliphatic rings. The number of anilines is 2. The molecule has 2 aliphatic heterocycles. The average molecular weight is 514 g/mol. The van der Waals surface area contributed by atoms with Crippen molar-refractivity contribution in [3.05, 3.63) is 41.7 Å². The predicted octanol–water partition coefficient (Wildman–Crippen LogP) is 4.22. The number of imidazole rings is 1. The van der Waals surface area contributed by atoms with Crippen molar-refractivity contribution in [2.75, 3.05) is 49.5 Å². The molecule has 200 valence electrons. The van der Waals surface area contributed by atoms with Gasteiger partial charge in [0.2, 0.25) is 5.95 Å². The third kappa shape index (κ3) is 5.70. The molecular formula is C27H37F2N7O. The summed E-state index contributed by atoms with van der Waals surface area (Å²) in [6.45, 7) is 9.48. The van der Waals surface area contributed by atoms with Gasteiger partial charge in [-0.2, -0.15) is 9.97 Å². The fraction of sp³-hybridized carbons (Fsp3) is 0.593. The highest BCUT2D eigenvalue weighted by Crippen LogP contribution is 2.34. The zero-order valence-electron chi connectivity index (χ0n) is 21.7. The summed E-state index contributed by atoms with van der Waals surface area (Å²) in [6.07, 6.45) is 6.43. The number of nitrogens with one attached hydrogen (secondary N) is 1. The highest BCUT2D eigenvalue weighted by atomic mass is 19.2. The molecule has 5 rings (SSSR count). The van der Waals surface area contributed by atoms with Crippen molar-refractivity contribution >= 4 is 22.9 Å². The highest BCUT2D eigenvalue weighted by Gasteiger charge is 2.30. The molecule has 2 N–H and O–H groups in total. The third-order valence-electron chi connectivity index (χ3n) is 7.95. The molecule has 0 radical (unpaired) electrons. The molecule has 0 spiro atoms. The van der Waals surface area contributed by atoms with Crippen molar-refractivity contribution in [2.24, 2.45) is 11.8 Å². The standard InChI is InChI=1S/C27H37F2N7O/c1-18(2)36-17-31-24-25(30-16-19-3-4-22(28)23(29)15-19)32-27(33-26(24)36)35-11-7-21(8-12-35)20-5-9-34(10-6-20)13-14-37/h3-4,15,17-18,20-21,37H,5-14,16H2,1-2H3,(H,30,32,33). The molecule has 4 heterocycles. The Hall–Kier alpha value is -2.85. The molecule has 0 bridgehead atoms. The second-order valence-corrected chi connectivity index (χ2v) is 10.6. The van der Waals surface area contributed by atoms with Gasteiger partial charge in [-0.3, -0.25) is 0 Å². The summed E-state index contributed by atoms with van der Waals surface area (Å²) in [5, 5.41) is 12.5. The van der Waals surface area contributed by atoms with Crippen LogP contribution in [0.1, 0.15) is 51.1 Å². The van der Waals surface area contributed by atoms with E-state index in [1.807, 2.05) is 4.57 Å². The Morgan fingerprint density at radius 1 is 1.00 bits per heavy atom. The van der Waals surface area contributed by atoms with Crippen LogP contribution < -0.4 is 10.2 Å². The predicted molar refractivity (Wildman–Crippen MR) is 141 cm³/mol. The van der Waals surface area contributed by atoms with Gasteiger partial charge in [-0.1, -0.05) is 6.07 Å². The average Bonchev–Trinajstić information content (AvgIpc) is 3.35. The Bertz CT molecular complexity index is 1200. The van der Waals surface area contributed by atoms with E-state index in [0.29, 0.717) is 35.3 Å². The molecule has 0 amide bonds. The first kappa shape index (κ1) is 25.8. The molecule has 0 unspecified atom stereocenters. The van der Waals surface area contributed by atoms with Crippen molar-refractivity contribution in [3.63, 3.8) is 0 Å². The van der Waals surface area contributed by atoms with E-state index in [2.05, 4.69) is 33.9 Å². The van der Waals surface area contributed by atoms with Crippen LogP contribution in [0.15, 0.2) is 24.5 Å². The zero-order valence-corrected chi connectivity index (χ0v) is 21.7. The smallest absolute Gasteiger partial charge is 0.229 e. The van der Waals surface area contributed by atoms with E-state index >= 15 is 0 Å². The number of hydrogen-bond acceptors (Lipinski definition) is 7. The number of aliphatic hydroxyl groups is 1. The molecule has 10 heteroatoms. The fourth-order valence-corrected chi connectivity index (χ4v) is 5.74. The number of hydrogen-bond donors (Lipinski definition) is 2. The van der Waals surface area contributed by atoms with Gasteiger partial charge in [0.25, 0.3) is 0 Å². The number of likely N-dealkylation sites (tertiary alicyclic amines) is 1. The molecule has 3 aromatic rings. The number of aromatic nitrogens is 4. The first-order valence-corrected chi connectivity index (χ1v) is 13.4. The second kappa shape index (κ2) is 11.3. The van der Waals surface area contributed by atoms with E-state index in [-0.39, 0.29) is 12.6 Å². The summed E-state index contributed by atoms with van der Waals surface area (Å²) in [7, 11) is 0. The Kier molecular flexibility index (Phi) is 7.85. The monoisotopic (exact) mass is 513 g/mol. The normalized spacial score (nSPS) is 18.3. The molecule has 2 saturated heterocycles. The van der Waals surface area contributed by atoms with Crippen LogP contribution in [0.5, 0.6) is 0 Å². The van der Waals surface area contributed by atoms with Gasteiger partial charge in [0, 0.05) is 32.2 Å². The van der Waals surface area contributed by atoms with Crippen molar-refractivity contribution in [3.8, 4) is 0 Å². The molecule has 0 aliphatic carbocycles. The molecule has 37 heavy (non-hydrogen) atoms. The first-order valence-electron chi connectivity index (χ1n) is 13.4. The van der Waals surface area contributed by atoms with Gasteiger partial charge >= 0.3 is 0 Å². The third-order valence-corrected chi connectivity index (χ3v) is 7.95. The minimum Gasteiger partial charge on any atom is -0.395 e. The number of halogens is 2. The van der Waals surface area contributed by atoms with E-state index < -0.39 is 11.6 Å². The second-order valence-electron chi connectivity index (χ2n) is 10.6. The van der Waals surface area contributed by atoms with Crippen molar-refractivity contribution in [1.29, 1.82) is 0 Å². The topological polar surface area (TPSA) is 82.3 Å². The molecule has 0 saturated carbocycles. The van der Waals surface area contributed by atoms with E-state index in [1.165, 1.54) is 18.9 Å². The lowest BCUT2D eigenvalue weighted by Gasteiger charge is -2.40. The van der Waals surface area contributed by atoms with Gasteiger partial charge in [-0.25, -0.2) is 13.8 Å². The van der Waals surface area contributed by atoms with E-state index in [4.69, 9.17) is 9.97 Å². The van der Waals surface area contributed by atoms with Gasteiger partial charge in [-0.15, -0.1) is 0 Å². The van der Waals surface area contributed by atoms with Crippen LogP contribution in [0.3, 0.4) is 0 Å². The summed E-state index contributed by atoms with van der Waals surface area (Å²) >= 11 is 0. The minimum absolute atomic E-state index is 0.189. The summed E-state index contributed by atoms with van der Waals surface area (Å²) in [6, 6.07) is 4.10. The molecule has 1 aromatic carbocycles. The highest BCUT2D eigenvalue weighted by molar-refractivity contribution is 5.84. The Morgan fingerprint density at radius 3 is 2.35 bits per heavy atom.